The summed E-state index contributed by atoms with van der Waals surface area (Å²) in [6.45, 7) is 1.78. The fraction of sp³-hybridized carbons (Fsp3) is 0.167. The number of benzene rings is 3. The summed E-state index contributed by atoms with van der Waals surface area (Å²) in [7, 11) is 2.98. The molecule has 0 saturated heterocycles. The van der Waals surface area contributed by atoms with E-state index in [2.05, 4.69) is 0 Å². The van der Waals surface area contributed by atoms with Crippen molar-refractivity contribution in [2.45, 2.75) is 13.0 Å². The lowest BCUT2D eigenvalue weighted by atomic mass is 9.93. The number of nitro groups is 1. The van der Waals surface area contributed by atoms with Crippen molar-refractivity contribution in [3.05, 3.63) is 119 Å². The summed E-state index contributed by atoms with van der Waals surface area (Å²) in [4.78, 5) is 43.3. The number of carbonyl (C=O) groups excluding carboxylic acids is 1. The third-order valence-corrected chi connectivity index (χ3v) is 7.61. The van der Waals surface area contributed by atoms with Crippen molar-refractivity contribution in [1.29, 1.82) is 0 Å². The van der Waals surface area contributed by atoms with Crippen LogP contribution >= 0.6 is 11.3 Å². The molecule has 0 saturated carbocycles. The van der Waals surface area contributed by atoms with Gasteiger partial charge < -0.3 is 19.3 Å². The molecular formula is C30H25N3O8S. The number of aromatic nitrogens is 1. The highest BCUT2D eigenvalue weighted by Crippen LogP contribution is 2.38. The summed E-state index contributed by atoms with van der Waals surface area (Å²) in [5.74, 6) is -0.368. The number of methoxy groups -OCH3 is 2. The van der Waals surface area contributed by atoms with Gasteiger partial charge in [0.1, 0.15) is 0 Å². The van der Waals surface area contributed by atoms with Crippen LogP contribution in [-0.2, 0) is 9.53 Å². The summed E-state index contributed by atoms with van der Waals surface area (Å²) in [6, 6.07) is 17.2. The summed E-state index contributed by atoms with van der Waals surface area (Å²) in [5.41, 5.74) is 0.733. The van der Waals surface area contributed by atoms with Gasteiger partial charge in [-0.25, -0.2) is 9.79 Å². The van der Waals surface area contributed by atoms with Crippen molar-refractivity contribution in [3.8, 4) is 17.2 Å². The molecule has 3 aromatic carbocycles. The molecule has 42 heavy (non-hydrogen) atoms. The largest absolute Gasteiger partial charge is 0.502 e. The standard InChI is InChI=1S/C30H25N3O8S/c1-4-41-29(36)24-25(17-9-6-5-7-10-17)31-30-32(26(24)18-13-14-21(39-2)22(15-18)40-3)28(35)23(42-30)16-19-11-8-12-20(27(19)34)33(37)38/h5-16,26,34H,4H2,1-3H3/t26-/m0/s1. The van der Waals surface area contributed by atoms with Gasteiger partial charge in [-0.15, -0.1) is 0 Å². The summed E-state index contributed by atoms with van der Waals surface area (Å²) in [5, 5.41) is 21.9. The monoisotopic (exact) mass is 587 g/mol. The van der Waals surface area contributed by atoms with E-state index in [0.717, 1.165) is 11.3 Å². The van der Waals surface area contributed by atoms with E-state index in [9.17, 15) is 24.8 Å². The molecule has 1 atom stereocenters. The summed E-state index contributed by atoms with van der Waals surface area (Å²) >= 11 is 1.03. The van der Waals surface area contributed by atoms with Crippen molar-refractivity contribution >= 4 is 34.8 Å². The van der Waals surface area contributed by atoms with Gasteiger partial charge in [0.2, 0.25) is 5.75 Å². The Bertz CT molecular complexity index is 1910. The molecule has 1 aliphatic heterocycles. The van der Waals surface area contributed by atoms with Gasteiger partial charge >= 0.3 is 11.7 Å². The smallest absolute Gasteiger partial charge is 0.338 e. The van der Waals surface area contributed by atoms with Crippen molar-refractivity contribution in [2.75, 3.05) is 20.8 Å². The fourth-order valence-electron chi connectivity index (χ4n) is 4.73. The summed E-state index contributed by atoms with van der Waals surface area (Å²) in [6.07, 6.45) is 1.37. The van der Waals surface area contributed by atoms with Gasteiger partial charge in [-0.1, -0.05) is 59.9 Å². The maximum atomic E-state index is 14.0. The highest BCUT2D eigenvalue weighted by Gasteiger charge is 2.35. The molecule has 5 rings (SSSR count). The van der Waals surface area contributed by atoms with E-state index < -0.39 is 33.9 Å². The Hall–Kier alpha value is -5.23. The van der Waals surface area contributed by atoms with E-state index in [-0.39, 0.29) is 27.1 Å². The normalized spacial score (nSPS) is 14.6. The Kier molecular flexibility index (Phi) is 7.89. The Morgan fingerprint density at radius 2 is 1.83 bits per heavy atom. The first kappa shape index (κ1) is 28.3. The van der Waals surface area contributed by atoms with Crippen LogP contribution in [0.25, 0.3) is 11.8 Å². The van der Waals surface area contributed by atoms with E-state index in [0.29, 0.717) is 28.3 Å². The first-order valence-corrected chi connectivity index (χ1v) is 13.6. The number of carbonyl (C=O) groups is 1. The maximum Gasteiger partial charge on any atom is 0.338 e. The van der Waals surface area contributed by atoms with Crippen LogP contribution in [-0.4, -0.2) is 41.4 Å². The number of phenolic OH excluding ortho intramolecular Hbond substituents is 1. The zero-order valence-electron chi connectivity index (χ0n) is 22.8. The van der Waals surface area contributed by atoms with Crippen molar-refractivity contribution in [2.24, 2.45) is 4.99 Å². The zero-order valence-corrected chi connectivity index (χ0v) is 23.6. The van der Waals surface area contributed by atoms with Crippen LogP contribution in [0.5, 0.6) is 17.2 Å². The molecule has 0 aliphatic carbocycles. The highest BCUT2D eigenvalue weighted by molar-refractivity contribution is 7.07. The molecule has 0 unspecified atom stereocenters. The van der Waals surface area contributed by atoms with Crippen molar-refractivity contribution in [3.63, 3.8) is 0 Å². The molecule has 0 bridgehead atoms. The van der Waals surface area contributed by atoms with E-state index in [1.54, 1.807) is 37.3 Å². The number of hydrogen-bond donors (Lipinski definition) is 1. The first-order valence-electron chi connectivity index (χ1n) is 12.8. The average Bonchev–Trinajstić information content (AvgIpc) is 3.31. The van der Waals surface area contributed by atoms with E-state index >= 15 is 0 Å². The lowest BCUT2D eigenvalue weighted by molar-refractivity contribution is -0.385. The van der Waals surface area contributed by atoms with Gasteiger partial charge in [0.05, 0.1) is 47.6 Å². The number of nitrogens with zero attached hydrogens (tertiary/aromatic N) is 3. The van der Waals surface area contributed by atoms with Crippen LogP contribution in [0.4, 0.5) is 5.69 Å². The van der Waals surface area contributed by atoms with Crippen molar-refractivity contribution in [1.82, 2.24) is 4.57 Å². The fourth-order valence-corrected chi connectivity index (χ4v) is 5.72. The van der Waals surface area contributed by atoms with Crippen LogP contribution in [0.15, 0.2) is 82.1 Å². The predicted molar refractivity (Wildman–Crippen MR) is 155 cm³/mol. The van der Waals surface area contributed by atoms with E-state index in [4.69, 9.17) is 19.2 Å². The van der Waals surface area contributed by atoms with E-state index in [1.807, 2.05) is 18.2 Å². The Morgan fingerprint density at radius 3 is 2.50 bits per heavy atom. The number of hydrogen-bond acceptors (Lipinski definition) is 10. The molecule has 0 radical (unpaired) electrons. The second-order valence-corrected chi connectivity index (χ2v) is 10.0. The quantitative estimate of drug-likeness (QED) is 0.187. The molecule has 0 spiro atoms. The Labute approximate surface area is 243 Å². The molecule has 1 aromatic heterocycles. The number of ether oxygens (including phenoxy) is 3. The lowest BCUT2D eigenvalue weighted by Crippen LogP contribution is -2.40. The number of nitro benzene ring substituents is 1. The van der Waals surface area contributed by atoms with Crippen molar-refractivity contribution < 1.29 is 29.0 Å². The van der Waals surface area contributed by atoms with Crippen LogP contribution in [0.2, 0.25) is 0 Å². The molecule has 4 aromatic rings. The van der Waals surface area contributed by atoms with Crippen LogP contribution in [0.1, 0.15) is 29.7 Å². The molecule has 1 N–H and O–H groups in total. The number of aromatic hydroxyl groups is 1. The van der Waals surface area contributed by atoms with Crippen LogP contribution < -0.4 is 24.4 Å². The van der Waals surface area contributed by atoms with Gasteiger partial charge in [0, 0.05) is 17.2 Å². The average molecular weight is 588 g/mol. The molecule has 0 amide bonds. The number of fused-ring (bicyclic) bond motifs is 1. The molecule has 1 aliphatic rings. The summed E-state index contributed by atoms with van der Waals surface area (Å²) < 4.78 is 17.9. The third kappa shape index (κ3) is 5.03. The number of phenols is 1. The molecule has 12 heteroatoms. The van der Waals surface area contributed by atoms with Gasteiger partial charge in [-0.3, -0.25) is 19.5 Å². The minimum absolute atomic E-state index is 0.0880. The molecule has 214 valence electrons. The Balaban J connectivity index is 1.85. The number of para-hydroxylation sites is 1. The molecule has 2 heterocycles. The van der Waals surface area contributed by atoms with Crippen LogP contribution in [0, 0.1) is 10.1 Å². The highest BCUT2D eigenvalue weighted by atomic mass is 32.1. The number of rotatable bonds is 8. The maximum absolute atomic E-state index is 14.0. The second kappa shape index (κ2) is 11.7. The predicted octanol–water partition coefficient (Wildman–Crippen LogP) is 3.57. The Morgan fingerprint density at radius 1 is 1.10 bits per heavy atom. The van der Waals surface area contributed by atoms with Gasteiger partial charge in [-0.05, 0) is 30.7 Å². The molecular weight excluding hydrogens is 562 g/mol. The number of thiazole rings is 1. The topological polar surface area (TPSA) is 142 Å². The molecule has 11 nitrogen and oxygen atoms in total. The first-order chi connectivity index (χ1) is 20.3. The van der Waals surface area contributed by atoms with E-state index in [1.165, 1.54) is 43.1 Å². The minimum atomic E-state index is -0.976. The minimum Gasteiger partial charge on any atom is -0.502 e. The third-order valence-electron chi connectivity index (χ3n) is 6.63. The SMILES string of the molecule is CCOC(=O)C1=C(c2ccccc2)N=c2sc(=Cc3cccc([N+](=O)[O-])c3O)c(=O)n2[C@H]1c1ccc(OC)c(OC)c1. The zero-order chi connectivity index (χ0) is 30.0. The number of esters is 1. The van der Waals surface area contributed by atoms with Gasteiger partial charge in [-0.2, -0.15) is 0 Å². The molecule has 0 fully saturated rings. The van der Waals surface area contributed by atoms with Gasteiger partial charge in [0.15, 0.2) is 16.3 Å². The second-order valence-electron chi connectivity index (χ2n) is 9.02. The van der Waals surface area contributed by atoms with Crippen LogP contribution in [0.3, 0.4) is 0 Å². The lowest BCUT2D eigenvalue weighted by Gasteiger charge is -2.26. The van der Waals surface area contributed by atoms with Gasteiger partial charge in [0.25, 0.3) is 5.56 Å².